The molecule has 0 amide bonds. The van der Waals surface area contributed by atoms with Gasteiger partial charge < -0.3 is 10.0 Å². The van der Waals surface area contributed by atoms with Crippen molar-refractivity contribution in [1.29, 1.82) is 0 Å². The van der Waals surface area contributed by atoms with Crippen molar-refractivity contribution in [3.8, 4) is 0 Å². The number of hydrogen-bond acceptors (Lipinski definition) is 3. The highest BCUT2D eigenvalue weighted by molar-refractivity contribution is 6.30. The van der Waals surface area contributed by atoms with Crippen LogP contribution in [-0.2, 0) is 16.9 Å². The number of carbonyl (C=O) groups excluding carboxylic acids is 1. The van der Waals surface area contributed by atoms with Crippen LogP contribution in [0.1, 0.15) is 30.4 Å². The van der Waals surface area contributed by atoms with Gasteiger partial charge in [-0.2, -0.15) is 0 Å². The smallest absolute Gasteiger partial charge is 0.139 e. The first-order valence-electron chi connectivity index (χ1n) is 8.39. The normalized spacial score (nSPS) is 22.5. The number of hydrogen-bond donors (Lipinski definition) is 1. The summed E-state index contributed by atoms with van der Waals surface area (Å²) in [6.45, 7) is 1.14. The van der Waals surface area contributed by atoms with Gasteiger partial charge in [0.1, 0.15) is 11.4 Å². The van der Waals surface area contributed by atoms with E-state index in [0.29, 0.717) is 18.1 Å². The molecule has 1 atom stereocenters. The molecule has 0 spiro atoms. The van der Waals surface area contributed by atoms with Crippen molar-refractivity contribution in [2.45, 2.75) is 31.4 Å². The number of carbonyl (C=O) groups is 1. The Morgan fingerprint density at radius 2 is 1.88 bits per heavy atom. The highest BCUT2D eigenvalue weighted by Gasteiger charge is 2.44. The van der Waals surface area contributed by atoms with E-state index in [1.165, 1.54) is 0 Å². The molecule has 4 rings (SSSR count). The molecule has 2 aliphatic rings. The number of Topliss-reactive ketones (excluding diaryl/α,β-unsaturated/α-hetero) is 1. The van der Waals surface area contributed by atoms with Gasteiger partial charge in [-0.1, -0.05) is 41.9 Å². The van der Waals surface area contributed by atoms with Crippen molar-refractivity contribution in [2.75, 3.05) is 11.4 Å². The maximum Gasteiger partial charge on any atom is 0.139 e. The van der Waals surface area contributed by atoms with Crippen LogP contribution < -0.4 is 4.90 Å². The van der Waals surface area contributed by atoms with Gasteiger partial charge in [0.15, 0.2) is 0 Å². The van der Waals surface area contributed by atoms with E-state index in [2.05, 4.69) is 4.90 Å². The molecule has 1 aliphatic heterocycles. The third-order valence-electron chi connectivity index (χ3n) is 4.98. The number of anilines is 1. The largest absolute Gasteiger partial charge is 0.383 e. The van der Waals surface area contributed by atoms with E-state index in [4.69, 9.17) is 11.6 Å². The summed E-state index contributed by atoms with van der Waals surface area (Å²) in [5.74, 6) is 0.368. The van der Waals surface area contributed by atoms with Crippen LogP contribution in [0.2, 0.25) is 5.02 Å². The van der Waals surface area contributed by atoms with Gasteiger partial charge in [0.2, 0.25) is 0 Å². The zero-order valence-electron chi connectivity index (χ0n) is 13.4. The Morgan fingerprint density at radius 1 is 1.17 bits per heavy atom. The summed E-state index contributed by atoms with van der Waals surface area (Å²) in [5, 5.41) is 11.9. The molecule has 0 radical (unpaired) electrons. The molecule has 1 heterocycles. The minimum absolute atomic E-state index is 0.173. The maximum absolute atomic E-state index is 12.3. The number of β-amino-alcohol motifs (C(OH)–C–C–N with tert-alkyl or cyclic N) is 1. The van der Waals surface area contributed by atoms with Crippen molar-refractivity contribution in [3.05, 3.63) is 64.7 Å². The van der Waals surface area contributed by atoms with Crippen molar-refractivity contribution >= 4 is 23.1 Å². The fourth-order valence-electron chi connectivity index (χ4n) is 3.57. The van der Waals surface area contributed by atoms with E-state index in [9.17, 15) is 9.90 Å². The molecule has 1 N–H and O–H groups in total. The number of para-hydroxylation sites is 1. The first-order valence-corrected chi connectivity index (χ1v) is 8.77. The Balaban J connectivity index is 1.60. The minimum Gasteiger partial charge on any atom is -0.383 e. The van der Waals surface area contributed by atoms with Gasteiger partial charge in [-0.15, -0.1) is 0 Å². The van der Waals surface area contributed by atoms with Gasteiger partial charge in [-0.25, -0.2) is 0 Å². The van der Waals surface area contributed by atoms with Crippen molar-refractivity contribution in [1.82, 2.24) is 0 Å². The summed E-state index contributed by atoms with van der Waals surface area (Å²) in [6, 6.07) is 15.6. The molecule has 2 aromatic rings. The monoisotopic (exact) mass is 341 g/mol. The molecule has 3 nitrogen and oxygen atoms in total. The number of nitrogens with zero attached hydrogens (tertiary/aromatic N) is 1. The van der Waals surface area contributed by atoms with Gasteiger partial charge >= 0.3 is 0 Å². The van der Waals surface area contributed by atoms with E-state index >= 15 is 0 Å². The molecule has 0 bridgehead atoms. The van der Waals surface area contributed by atoms with Crippen LogP contribution in [0.25, 0.3) is 0 Å². The summed E-state index contributed by atoms with van der Waals surface area (Å²) < 4.78 is 0. The second-order valence-electron chi connectivity index (χ2n) is 6.95. The third kappa shape index (κ3) is 2.94. The van der Waals surface area contributed by atoms with Crippen LogP contribution in [0.4, 0.5) is 5.69 Å². The van der Waals surface area contributed by atoms with E-state index in [-0.39, 0.29) is 18.1 Å². The average molecular weight is 342 g/mol. The highest BCUT2D eigenvalue weighted by Crippen LogP contribution is 2.44. The number of ketones is 1. The summed E-state index contributed by atoms with van der Waals surface area (Å²) in [5.41, 5.74) is 1.93. The lowest BCUT2D eigenvalue weighted by atomic mass is 9.89. The lowest BCUT2D eigenvalue weighted by molar-refractivity contribution is -0.125. The lowest BCUT2D eigenvalue weighted by Crippen LogP contribution is -2.35. The maximum atomic E-state index is 12.3. The van der Waals surface area contributed by atoms with E-state index in [1.807, 2.05) is 48.5 Å². The molecule has 24 heavy (non-hydrogen) atoms. The molecule has 1 aliphatic carbocycles. The van der Waals surface area contributed by atoms with Crippen LogP contribution in [0.15, 0.2) is 48.5 Å². The Bertz CT molecular complexity index is 769. The highest BCUT2D eigenvalue weighted by atomic mass is 35.5. The minimum atomic E-state index is -1.08. The zero-order valence-corrected chi connectivity index (χ0v) is 14.2. The molecule has 1 saturated carbocycles. The van der Waals surface area contributed by atoms with Gasteiger partial charge in [-0.3, -0.25) is 4.79 Å². The van der Waals surface area contributed by atoms with Crippen LogP contribution in [0.5, 0.6) is 0 Å². The summed E-state index contributed by atoms with van der Waals surface area (Å²) in [4.78, 5) is 14.4. The Hall–Kier alpha value is -1.84. The summed E-state index contributed by atoms with van der Waals surface area (Å²) >= 11 is 5.96. The Kier molecular flexibility index (Phi) is 3.86. The van der Waals surface area contributed by atoms with Crippen LogP contribution in [-0.4, -0.2) is 17.4 Å². The SMILES string of the molecule is O=C(CC1(O)CN(Cc2ccc(Cl)cc2)c2ccccc21)C1CC1. The molecule has 4 heteroatoms. The second kappa shape index (κ2) is 5.91. The molecule has 0 aromatic heterocycles. The predicted octanol–water partition coefficient (Wildman–Crippen LogP) is 3.92. The van der Waals surface area contributed by atoms with Gasteiger partial charge in [0, 0.05) is 35.2 Å². The number of rotatable bonds is 5. The fourth-order valence-corrected chi connectivity index (χ4v) is 3.70. The average Bonchev–Trinajstić information content (AvgIpc) is 3.38. The van der Waals surface area contributed by atoms with E-state index < -0.39 is 5.60 Å². The molecule has 2 aromatic carbocycles. The first-order chi connectivity index (χ1) is 11.5. The molecule has 1 unspecified atom stereocenters. The second-order valence-corrected chi connectivity index (χ2v) is 7.39. The molecular weight excluding hydrogens is 322 g/mol. The number of fused-ring (bicyclic) bond motifs is 1. The van der Waals surface area contributed by atoms with Crippen molar-refractivity contribution in [2.24, 2.45) is 5.92 Å². The van der Waals surface area contributed by atoms with Gasteiger partial charge in [0.05, 0.1) is 6.54 Å². The zero-order chi connectivity index (χ0) is 16.7. The Morgan fingerprint density at radius 3 is 2.58 bits per heavy atom. The Labute approximate surface area is 146 Å². The van der Waals surface area contributed by atoms with Gasteiger partial charge in [-0.05, 0) is 36.6 Å². The van der Waals surface area contributed by atoms with Crippen molar-refractivity contribution < 1.29 is 9.90 Å². The van der Waals surface area contributed by atoms with Gasteiger partial charge in [0.25, 0.3) is 0 Å². The number of benzene rings is 2. The third-order valence-corrected chi connectivity index (χ3v) is 5.24. The van der Waals surface area contributed by atoms with Crippen molar-refractivity contribution in [3.63, 3.8) is 0 Å². The van der Waals surface area contributed by atoms with Crippen LogP contribution in [0, 0.1) is 5.92 Å². The number of halogens is 1. The molecule has 124 valence electrons. The molecular formula is C20H20ClNO2. The van der Waals surface area contributed by atoms with E-state index in [0.717, 1.165) is 29.7 Å². The standard InChI is InChI=1S/C20H20ClNO2/c21-16-9-5-14(6-10-16)12-22-13-20(24,11-19(23)15-7-8-15)17-3-1-2-4-18(17)22/h1-6,9-10,15,24H,7-8,11-13H2. The molecule has 1 fully saturated rings. The summed E-state index contributed by atoms with van der Waals surface area (Å²) in [7, 11) is 0. The number of aliphatic hydroxyl groups is 1. The molecule has 0 saturated heterocycles. The first kappa shape index (κ1) is 15.7. The fraction of sp³-hybridized carbons (Fsp3) is 0.350. The quantitative estimate of drug-likeness (QED) is 0.896. The van der Waals surface area contributed by atoms with Crippen LogP contribution >= 0.6 is 11.6 Å². The lowest BCUT2D eigenvalue weighted by Gasteiger charge is -2.25. The van der Waals surface area contributed by atoms with E-state index in [1.54, 1.807) is 0 Å². The predicted molar refractivity (Wildman–Crippen MR) is 95.2 cm³/mol. The topological polar surface area (TPSA) is 40.5 Å². The van der Waals surface area contributed by atoms with Crippen LogP contribution in [0.3, 0.4) is 0 Å². The summed E-state index contributed by atoms with van der Waals surface area (Å²) in [6.07, 6.45) is 2.17.